The summed E-state index contributed by atoms with van der Waals surface area (Å²) in [6.45, 7) is 9.38. The zero-order valence-electron chi connectivity index (χ0n) is 9.73. The molecule has 1 fully saturated rings. The predicted molar refractivity (Wildman–Crippen MR) is 69.2 cm³/mol. The number of nitrogens with zero attached hydrogens (tertiary/aromatic N) is 1. The molecule has 0 aromatic heterocycles. The lowest BCUT2D eigenvalue weighted by Gasteiger charge is -2.32. The van der Waals surface area contributed by atoms with Gasteiger partial charge in [-0.25, -0.2) is 0 Å². The van der Waals surface area contributed by atoms with Gasteiger partial charge < -0.3 is 16.4 Å². The molecular formula is C13H21N3. The summed E-state index contributed by atoms with van der Waals surface area (Å²) in [5, 5.41) is 0. The third-order valence-corrected chi connectivity index (χ3v) is 2.92. The molecule has 0 aromatic carbocycles. The van der Waals surface area contributed by atoms with Crippen molar-refractivity contribution in [2.24, 2.45) is 17.4 Å². The topological polar surface area (TPSA) is 55.3 Å². The Balaban J connectivity index is 2.53. The zero-order valence-corrected chi connectivity index (χ0v) is 9.73. The molecule has 88 valence electrons. The van der Waals surface area contributed by atoms with Crippen LogP contribution in [0.4, 0.5) is 0 Å². The Kier molecular flexibility index (Phi) is 4.70. The monoisotopic (exact) mass is 219 g/mol. The molecular weight excluding hydrogens is 198 g/mol. The van der Waals surface area contributed by atoms with Crippen molar-refractivity contribution in [3.8, 4) is 0 Å². The molecule has 3 heteroatoms. The molecule has 16 heavy (non-hydrogen) atoms. The number of likely N-dealkylation sites (tertiary alicyclic amines) is 1. The fraction of sp³-hybridized carbons (Fsp3) is 0.385. The Bertz CT molecular complexity index is 307. The Morgan fingerprint density at radius 1 is 1.12 bits per heavy atom. The second-order valence-corrected chi connectivity index (χ2v) is 4.02. The highest BCUT2D eigenvalue weighted by Gasteiger charge is 2.16. The van der Waals surface area contributed by atoms with Gasteiger partial charge in [0.15, 0.2) is 0 Å². The van der Waals surface area contributed by atoms with Crippen LogP contribution in [0.25, 0.3) is 0 Å². The lowest BCUT2D eigenvalue weighted by Crippen LogP contribution is -2.35. The van der Waals surface area contributed by atoms with Crippen LogP contribution in [0, 0.1) is 5.92 Å². The van der Waals surface area contributed by atoms with E-state index in [9.17, 15) is 0 Å². The van der Waals surface area contributed by atoms with Gasteiger partial charge in [0.05, 0.1) is 5.82 Å². The first kappa shape index (κ1) is 12.4. The SMILES string of the molecule is C=C/C(N)=C/C=C(\N)N1CCC(C=C)CC1. The van der Waals surface area contributed by atoms with E-state index in [0.717, 1.165) is 31.8 Å². The van der Waals surface area contributed by atoms with Gasteiger partial charge in [0.25, 0.3) is 0 Å². The fourth-order valence-electron chi connectivity index (χ4n) is 1.75. The number of allylic oxidation sites excluding steroid dienone is 4. The van der Waals surface area contributed by atoms with E-state index < -0.39 is 0 Å². The van der Waals surface area contributed by atoms with Crippen molar-refractivity contribution in [1.29, 1.82) is 0 Å². The van der Waals surface area contributed by atoms with Crippen molar-refractivity contribution in [1.82, 2.24) is 4.90 Å². The highest BCUT2D eigenvalue weighted by atomic mass is 15.2. The van der Waals surface area contributed by atoms with Crippen LogP contribution in [0.5, 0.6) is 0 Å². The quantitative estimate of drug-likeness (QED) is 0.559. The third kappa shape index (κ3) is 3.50. The lowest BCUT2D eigenvalue weighted by molar-refractivity contribution is 0.249. The number of nitrogens with two attached hydrogens (primary N) is 2. The van der Waals surface area contributed by atoms with E-state index in [-0.39, 0.29) is 0 Å². The van der Waals surface area contributed by atoms with Crippen molar-refractivity contribution in [2.45, 2.75) is 12.8 Å². The number of rotatable bonds is 4. The van der Waals surface area contributed by atoms with Gasteiger partial charge in [-0.3, -0.25) is 0 Å². The van der Waals surface area contributed by atoms with E-state index in [1.54, 1.807) is 12.2 Å². The van der Waals surface area contributed by atoms with Gasteiger partial charge in [-0.2, -0.15) is 0 Å². The van der Waals surface area contributed by atoms with Crippen molar-refractivity contribution in [3.05, 3.63) is 49.0 Å². The highest BCUT2D eigenvalue weighted by Crippen LogP contribution is 2.19. The van der Waals surface area contributed by atoms with Crippen molar-refractivity contribution >= 4 is 0 Å². The van der Waals surface area contributed by atoms with E-state index in [0.29, 0.717) is 11.6 Å². The number of piperidine rings is 1. The van der Waals surface area contributed by atoms with Gasteiger partial charge in [0, 0.05) is 18.8 Å². The normalized spacial score (nSPS) is 19.6. The van der Waals surface area contributed by atoms with E-state index in [4.69, 9.17) is 11.5 Å². The molecule has 1 aliphatic heterocycles. The Labute approximate surface area is 97.8 Å². The fourth-order valence-corrected chi connectivity index (χ4v) is 1.75. The van der Waals surface area contributed by atoms with Gasteiger partial charge in [0.2, 0.25) is 0 Å². The van der Waals surface area contributed by atoms with Crippen LogP contribution in [0.2, 0.25) is 0 Å². The van der Waals surface area contributed by atoms with Crippen molar-refractivity contribution in [3.63, 3.8) is 0 Å². The first-order valence-corrected chi connectivity index (χ1v) is 5.60. The Hall–Kier alpha value is -1.64. The molecule has 1 rings (SSSR count). The molecule has 0 atom stereocenters. The van der Waals surface area contributed by atoms with Crippen LogP contribution < -0.4 is 11.5 Å². The van der Waals surface area contributed by atoms with Crippen molar-refractivity contribution in [2.75, 3.05) is 13.1 Å². The molecule has 0 bridgehead atoms. The van der Waals surface area contributed by atoms with Crippen LogP contribution >= 0.6 is 0 Å². The maximum Gasteiger partial charge on any atom is 0.0987 e. The molecule has 3 nitrogen and oxygen atoms in total. The molecule has 1 saturated heterocycles. The molecule has 0 spiro atoms. The van der Waals surface area contributed by atoms with Gasteiger partial charge >= 0.3 is 0 Å². The molecule has 0 amide bonds. The van der Waals surface area contributed by atoms with Gasteiger partial charge in [-0.05, 0) is 37.0 Å². The Morgan fingerprint density at radius 3 is 2.25 bits per heavy atom. The molecule has 4 N–H and O–H groups in total. The molecule has 1 aliphatic rings. The summed E-state index contributed by atoms with van der Waals surface area (Å²) in [7, 11) is 0. The second kappa shape index (κ2) is 6.05. The molecule has 0 aromatic rings. The summed E-state index contributed by atoms with van der Waals surface area (Å²) in [6.07, 6.45) is 9.51. The van der Waals surface area contributed by atoms with Gasteiger partial charge in [-0.1, -0.05) is 12.7 Å². The van der Waals surface area contributed by atoms with E-state index in [1.807, 2.05) is 12.2 Å². The lowest BCUT2D eigenvalue weighted by atomic mass is 9.97. The Morgan fingerprint density at radius 2 is 1.75 bits per heavy atom. The predicted octanol–water partition coefficient (Wildman–Crippen LogP) is 1.71. The average molecular weight is 219 g/mol. The summed E-state index contributed by atoms with van der Waals surface area (Å²) in [4.78, 5) is 2.17. The molecule has 0 aliphatic carbocycles. The summed E-state index contributed by atoms with van der Waals surface area (Å²) in [5.41, 5.74) is 12.2. The van der Waals surface area contributed by atoms with Gasteiger partial charge in [-0.15, -0.1) is 6.58 Å². The maximum atomic E-state index is 5.97. The summed E-state index contributed by atoms with van der Waals surface area (Å²) < 4.78 is 0. The molecule has 0 unspecified atom stereocenters. The minimum Gasteiger partial charge on any atom is -0.399 e. The van der Waals surface area contributed by atoms with Crippen LogP contribution in [-0.4, -0.2) is 18.0 Å². The first-order chi connectivity index (χ1) is 7.67. The molecule has 1 heterocycles. The third-order valence-electron chi connectivity index (χ3n) is 2.92. The van der Waals surface area contributed by atoms with E-state index in [1.165, 1.54) is 0 Å². The molecule has 0 saturated carbocycles. The van der Waals surface area contributed by atoms with Crippen LogP contribution in [0.3, 0.4) is 0 Å². The highest BCUT2D eigenvalue weighted by molar-refractivity contribution is 5.20. The molecule has 0 radical (unpaired) electrons. The first-order valence-electron chi connectivity index (χ1n) is 5.60. The van der Waals surface area contributed by atoms with Crippen LogP contribution in [-0.2, 0) is 0 Å². The van der Waals surface area contributed by atoms with Crippen molar-refractivity contribution < 1.29 is 0 Å². The average Bonchev–Trinajstić information content (AvgIpc) is 2.35. The van der Waals surface area contributed by atoms with Crippen LogP contribution in [0.1, 0.15) is 12.8 Å². The minimum atomic E-state index is 0.629. The summed E-state index contributed by atoms with van der Waals surface area (Å²) in [5.74, 6) is 1.41. The van der Waals surface area contributed by atoms with E-state index >= 15 is 0 Å². The maximum absolute atomic E-state index is 5.97. The largest absolute Gasteiger partial charge is 0.399 e. The minimum absolute atomic E-state index is 0.629. The van der Waals surface area contributed by atoms with Crippen LogP contribution in [0.15, 0.2) is 49.0 Å². The zero-order chi connectivity index (χ0) is 12.0. The summed E-state index contributed by atoms with van der Waals surface area (Å²) >= 11 is 0. The van der Waals surface area contributed by atoms with Gasteiger partial charge in [0.1, 0.15) is 0 Å². The summed E-state index contributed by atoms with van der Waals surface area (Å²) in [6, 6.07) is 0. The number of hydrogen-bond donors (Lipinski definition) is 2. The smallest absolute Gasteiger partial charge is 0.0987 e. The standard InChI is InChI=1S/C13H21N3/c1-3-11-7-9-16(10-8-11)13(15)6-5-12(14)4-2/h3-6,11H,1-2,7-10,14-15H2/b12-5-,13-6+. The number of hydrogen-bond acceptors (Lipinski definition) is 3. The second-order valence-electron chi connectivity index (χ2n) is 4.02. The van der Waals surface area contributed by atoms with E-state index in [2.05, 4.69) is 18.1 Å².